The number of aromatic nitrogens is 2. The van der Waals surface area contributed by atoms with Gasteiger partial charge in [0.15, 0.2) is 0 Å². The number of benzene rings is 2. The summed E-state index contributed by atoms with van der Waals surface area (Å²) in [6.07, 6.45) is 0. The number of nitrogens with zero attached hydrogens (tertiary/aromatic N) is 2. The molecule has 0 saturated carbocycles. The summed E-state index contributed by atoms with van der Waals surface area (Å²) in [5.41, 5.74) is 2.38. The summed E-state index contributed by atoms with van der Waals surface area (Å²) in [6.45, 7) is 2.26. The van der Waals surface area contributed by atoms with Gasteiger partial charge in [0, 0.05) is 5.56 Å². The Morgan fingerprint density at radius 3 is 2.62 bits per heavy atom. The zero-order valence-corrected chi connectivity index (χ0v) is 11.5. The van der Waals surface area contributed by atoms with Gasteiger partial charge in [0.25, 0.3) is 0 Å². The van der Waals surface area contributed by atoms with Crippen LogP contribution in [-0.4, -0.2) is 10.2 Å². The van der Waals surface area contributed by atoms with Crippen LogP contribution < -0.4 is 5.32 Å². The van der Waals surface area contributed by atoms with E-state index in [0.717, 1.165) is 11.1 Å². The standard InChI is InChI=1S/C16H14FN3O/c1-11-6-2-3-7-12(11)16-20-19-15(21-16)10-18-14-9-5-4-8-13(14)17/h2-9,18H,10H2,1H3. The Morgan fingerprint density at radius 1 is 1.05 bits per heavy atom. The third-order valence-electron chi connectivity index (χ3n) is 3.15. The fraction of sp³-hybridized carbons (Fsp3) is 0.125. The van der Waals surface area contributed by atoms with Crippen molar-refractivity contribution in [3.8, 4) is 11.5 Å². The van der Waals surface area contributed by atoms with Gasteiger partial charge in [0.05, 0.1) is 12.2 Å². The topological polar surface area (TPSA) is 51.0 Å². The van der Waals surface area contributed by atoms with Crippen molar-refractivity contribution in [1.82, 2.24) is 10.2 Å². The molecule has 1 N–H and O–H groups in total. The molecule has 106 valence electrons. The average Bonchev–Trinajstić information content (AvgIpc) is 2.96. The number of nitrogens with one attached hydrogen (secondary N) is 1. The SMILES string of the molecule is Cc1ccccc1-c1nnc(CNc2ccccc2F)o1. The highest BCUT2D eigenvalue weighted by molar-refractivity contribution is 5.57. The number of hydrogen-bond acceptors (Lipinski definition) is 4. The lowest BCUT2D eigenvalue weighted by Crippen LogP contribution is -2.01. The molecule has 4 nitrogen and oxygen atoms in total. The summed E-state index contributed by atoms with van der Waals surface area (Å²) in [5, 5.41) is 10.9. The molecule has 3 rings (SSSR count). The Hall–Kier alpha value is -2.69. The van der Waals surface area contributed by atoms with Gasteiger partial charge in [-0.1, -0.05) is 30.3 Å². The fourth-order valence-corrected chi connectivity index (χ4v) is 2.02. The van der Waals surface area contributed by atoms with Gasteiger partial charge < -0.3 is 9.73 Å². The summed E-state index contributed by atoms with van der Waals surface area (Å²) in [4.78, 5) is 0. The first-order chi connectivity index (χ1) is 10.2. The second kappa shape index (κ2) is 5.75. The van der Waals surface area contributed by atoms with Gasteiger partial charge in [-0.2, -0.15) is 0 Å². The molecule has 0 amide bonds. The average molecular weight is 283 g/mol. The van der Waals surface area contributed by atoms with Crippen molar-refractivity contribution in [1.29, 1.82) is 0 Å². The predicted octanol–water partition coefficient (Wildman–Crippen LogP) is 3.80. The van der Waals surface area contributed by atoms with Crippen LogP contribution in [0.2, 0.25) is 0 Å². The lowest BCUT2D eigenvalue weighted by molar-refractivity contribution is 0.514. The quantitative estimate of drug-likeness (QED) is 0.791. The molecule has 0 bridgehead atoms. The number of halogens is 1. The molecule has 0 fully saturated rings. The van der Waals surface area contributed by atoms with Crippen molar-refractivity contribution in [3.05, 3.63) is 65.8 Å². The molecule has 0 unspecified atom stereocenters. The Bertz CT molecular complexity index is 755. The highest BCUT2D eigenvalue weighted by atomic mass is 19.1. The van der Waals surface area contributed by atoms with Crippen molar-refractivity contribution in [2.75, 3.05) is 5.32 Å². The largest absolute Gasteiger partial charge is 0.419 e. The number of hydrogen-bond donors (Lipinski definition) is 1. The minimum Gasteiger partial charge on any atom is -0.419 e. The first-order valence-corrected chi connectivity index (χ1v) is 6.61. The van der Waals surface area contributed by atoms with Crippen LogP contribution in [0.1, 0.15) is 11.5 Å². The molecule has 5 heteroatoms. The zero-order chi connectivity index (χ0) is 14.7. The van der Waals surface area contributed by atoms with Gasteiger partial charge in [-0.3, -0.25) is 0 Å². The van der Waals surface area contributed by atoms with Crippen LogP contribution in [0.3, 0.4) is 0 Å². The monoisotopic (exact) mass is 283 g/mol. The van der Waals surface area contributed by atoms with E-state index in [2.05, 4.69) is 15.5 Å². The molecule has 21 heavy (non-hydrogen) atoms. The molecule has 0 radical (unpaired) electrons. The fourth-order valence-electron chi connectivity index (χ4n) is 2.02. The van der Waals surface area contributed by atoms with Crippen molar-refractivity contribution in [2.24, 2.45) is 0 Å². The maximum absolute atomic E-state index is 13.5. The number of aryl methyl sites for hydroxylation is 1. The van der Waals surface area contributed by atoms with Gasteiger partial charge in [-0.15, -0.1) is 10.2 Å². The Kier molecular flexibility index (Phi) is 3.64. The van der Waals surface area contributed by atoms with E-state index in [0.29, 0.717) is 17.5 Å². The Labute approximate surface area is 121 Å². The Morgan fingerprint density at radius 2 is 1.81 bits per heavy atom. The number of anilines is 1. The highest BCUT2D eigenvalue weighted by Gasteiger charge is 2.10. The van der Waals surface area contributed by atoms with Crippen molar-refractivity contribution >= 4 is 5.69 Å². The van der Waals surface area contributed by atoms with Crippen LogP contribution in [0.5, 0.6) is 0 Å². The van der Waals surface area contributed by atoms with Crippen molar-refractivity contribution in [3.63, 3.8) is 0 Å². The highest BCUT2D eigenvalue weighted by Crippen LogP contribution is 2.22. The van der Waals surface area contributed by atoms with Gasteiger partial charge in [-0.05, 0) is 30.7 Å². The molecule has 2 aromatic carbocycles. The van der Waals surface area contributed by atoms with Crippen LogP contribution in [0.4, 0.5) is 10.1 Å². The molecule has 0 aliphatic rings. The number of rotatable bonds is 4. The lowest BCUT2D eigenvalue weighted by atomic mass is 10.1. The van der Waals surface area contributed by atoms with E-state index in [9.17, 15) is 4.39 Å². The first kappa shape index (κ1) is 13.3. The predicted molar refractivity (Wildman–Crippen MR) is 78.2 cm³/mol. The van der Waals surface area contributed by atoms with Crippen LogP contribution >= 0.6 is 0 Å². The van der Waals surface area contributed by atoms with E-state index in [1.807, 2.05) is 31.2 Å². The van der Waals surface area contributed by atoms with E-state index in [-0.39, 0.29) is 12.4 Å². The van der Waals surface area contributed by atoms with Crippen LogP contribution in [0.25, 0.3) is 11.5 Å². The van der Waals surface area contributed by atoms with E-state index in [1.54, 1.807) is 18.2 Å². The summed E-state index contributed by atoms with van der Waals surface area (Å²) >= 11 is 0. The normalized spacial score (nSPS) is 10.6. The summed E-state index contributed by atoms with van der Waals surface area (Å²) in [6, 6.07) is 14.2. The van der Waals surface area contributed by atoms with Gasteiger partial charge in [0.2, 0.25) is 11.8 Å². The lowest BCUT2D eigenvalue weighted by Gasteiger charge is -2.04. The molecular formula is C16H14FN3O. The second-order valence-corrected chi connectivity index (χ2v) is 4.65. The molecule has 0 aliphatic carbocycles. The first-order valence-electron chi connectivity index (χ1n) is 6.61. The third-order valence-corrected chi connectivity index (χ3v) is 3.15. The zero-order valence-electron chi connectivity index (χ0n) is 11.5. The summed E-state index contributed by atoms with van der Waals surface area (Å²) in [7, 11) is 0. The minimum absolute atomic E-state index is 0.278. The molecule has 0 aliphatic heterocycles. The molecule has 0 saturated heterocycles. The number of para-hydroxylation sites is 1. The summed E-state index contributed by atoms with van der Waals surface area (Å²) in [5.74, 6) is 0.575. The van der Waals surface area contributed by atoms with Crippen LogP contribution in [-0.2, 0) is 6.54 Å². The Balaban J connectivity index is 1.74. The molecule has 0 spiro atoms. The smallest absolute Gasteiger partial charge is 0.248 e. The summed E-state index contributed by atoms with van der Waals surface area (Å²) < 4.78 is 19.1. The maximum Gasteiger partial charge on any atom is 0.248 e. The molecule has 3 aromatic rings. The maximum atomic E-state index is 13.5. The van der Waals surface area contributed by atoms with Crippen LogP contribution in [0.15, 0.2) is 52.9 Å². The van der Waals surface area contributed by atoms with Gasteiger partial charge >= 0.3 is 0 Å². The van der Waals surface area contributed by atoms with E-state index >= 15 is 0 Å². The van der Waals surface area contributed by atoms with Crippen molar-refractivity contribution in [2.45, 2.75) is 13.5 Å². The van der Waals surface area contributed by atoms with E-state index in [4.69, 9.17) is 4.42 Å². The van der Waals surface area contributed by atoms with E-state index in [1.165, 1.54) is 6.07 Å². The minimum atomic E-state index is -0.309. The van der Waals surface area contributed by atoms with Crippen LogP contribution in [0, 0.1) is 12.7 Å². The van der Waals surface area contributed by atoms with Gasteiger partial charge in [0.1, 0.15) is 5.82 Å². The second-order valence-electron chi connectivity index (χ2n) is 4.65. The van der Waals surface area contributed by atoms with E-state index < -0.39 is 0 Å². The van der Waals surface area contributed by atoms with Crippen molar-refractivity contribution < 1.29 is 8.81 Å². The molecular weight excluding hydrogens is 269 g/mol. The molecule has 1 heterocycles. The third kappa shape index (κ3) is 2.91. The van der Waals surface area contributed by atoms with Gasteiger partial charge in [-0.25, -0.2) is 4.39 Å². The molecule has 0 atom stereocenters. The molecule has 1 aromatic heterocycles.